The molecule has 80 valence electrons. The van der Waals surface area contributed by atoms with Crippen LogP contribution in [0.3, 0.4) is 0 Å². The second-order valence-electron chi connectivity index (χ2n) is 3.66. The van der Waals surface area contributed by atoms with Crippen LogP contribution in [-0.2, 0) is 11.2 Å². The number of fused-ring (bicyclic) bond motifs is 1. The second kappa shape index (κ2) is 4.34. The highest BCUT2D eigenvalue weighted by Gasteiger charge is 2.18. The normalized spacial score (nSPS) is 15.0. The van der Waals surface area contributed by atoms with Crippen molar-refractivity contribution < 1.29 is 14.3 Å². The van der Waals surface area contributed by atoms with E-state index in [0.717, 1.165) is 36.2 Å². The zero-order chi connectivity index (χ0) is 10.7. The smallest absolute Gasteiger partial charge is 0.231 e. The summed E-state index contributed by atoms with van der Waals surface area (Å²) in [6, 6.07) is 5.80. The minimum absolute atomic E-state index is 0.0701. The van der Waals surface area contributed by atoms with Crippen LogP contribution < -0.4 is 9.47 Å². The number of rotatable bonds is 4. The van der Waals surface area contributed by atoms with E-state index in [-0.39, 0.29) is 12.7 Å². The molecule has 0 spiro atoms. The third-order valence-corrected chi connectivity index (χ3v) is 2.68. The summed E-state index contributed by atoms with van der Waals surface area (Å²) in [4.78, 5) is 10.8. The Morgan fingerprint density at radius 1 is 1.47 bits per heavy atom. The van der Waals surface area contributed by atoms with Crippen molar-refractivity contribution in [1.29, 1.82) is 0 Å². The third kappa shape index (κ3) is 1.96. The van der Waals surface area contributed by atoms with Gasteiger partial charge >= 0.3 is 0 Å². The Bertz CT molecular complexity index is 360. The SMILES string of the molecule is CCC(C=O)Cc1cccc2c1OCO2. The third-order valence-electron chi connectivity index (χ3n) is 2.68. The van der Waals surface area contributed by atoms with E-state index >= 15 is 0 Å². The molecule has 3 nitrogen and oxygen atoms in total. The lowest BCUT2D eigenvalue weighted by Crippen LogP contribution is -2.05. The quantitative estimate of drug-likeness (QED) is 0.708. The summed E-state index contributed by atoms with van der Waals surface area (Å²) in [7, 11) is 0. The fraction of sp³-hybridized carbons (Fsp3) is 0.417. The predicted molar refractivity (Wildman–Crippen MR) is 56.1 cm³/mol. The van der Waals surface area contributed by atoms with Gasteiger partial charge in [0.2, 0.25) is 6.79 Å². The molecule has 0 bridgehead atoms. The summed E-state index contributed by atoms with van der Waals surface area (Å²) in [6.45, 7) is 2.30. The van der Waals surface area contributed by atoms with Gasteiger partial charge in [-0.2, -0.15) is 0 Å². The van der Waals surface area contributed by atoms with Crippen molar-refractivity contribution in [3.8, 4) is 11.5 Å². The molecule has 0 N–H and O–H groups in total. The number of hydrogen-bond donors (Lipinski definition) is 0. The van der Waals surface area contributed by atoms with E-state index in [4.69, 9.17) is 9.47 Å². The highest BCUT2D eigenvalue weighted by molar-refractivity contribution is 5.56. The van der Waals surface area contributed by atoms with Crippen LogP contribution in [0.1, 0.15) is 18.9 Å². The van der Waals surface area contributed by atoms with Gasteiger partial charge in [0.25, 0.3) is 0 Å². The number of hydrogen-bond acceptors (Lipinski definition) is 3. The van der Waals surface area contributed by atoms with Crippen LogP contribution in [0.4, 0.5) is 0 Å². The molecule has 0 amide bonds. The van der Waals surface area contributed by atoms with Gasteiger partial charge in [0, 0.05) is 5.92 Å². The topological polar surface area (TPSA) is 35.5 Å². The largest absolute Gasteiger partial charge is 0.454 e. The number of carbonyl (C=O) groups excluding carboxylic acids is 1. The van der Waals surface area contributed by atoms with Crippen molar-refractivity contribution in [3.05, 3.63) is 23.8 Å². The monoisotopic (exact) mass is 206 g/mol. The summed E-state index contributed by atoms with van der Waals surface area (Å²) in [5, 5.41) is 0. The minimum Gasteiger partial charge on any atom is -0.454 e. The van der Waals surface area contributed by atoms with Crippen LogP contribution >= 0.6 is 0 Å². The average molecular weight is 206 g/mol. The van der Waals surface area contributed by atoms with Gasteiger partial charge in [0.15, 0.2) is 11.5 Å². The maximum absolute atomic E-state index is 10.8. The molecule has 0 saturated carbocycles. The average Bonchev–Trinajstić information content (AvgIpc) is 2.74. The van der Waals surface area contributed by atoms with Crippen LogP contribution in [0.15, 0.2) is 18.2 Å². The lowest BCUT2D eigenvalue weighted by atomic mass is 9.97. The number of carbonyl (C=O) groups is 1. The Labute approximate surface area is 89.0 Å². The maximum atomic E-state index is 10.8. The molecule has 0 saturated heterocycles. The Balaban J connectivity index is 2.21. The molecule has 1 aromatic carbocycles. The first-order valence-electron chi connectivity index (χ1n) is 5.18. The minimum atomic E-state index is 0.0701. The molecule has 2 rings (SSSR count). The zero-order valence-electron chi connectivity index (χ0n) is 8.73. The second-order valence-corrected chi connectivity index (χ2v) is 3.66. The van der Waals surface area contributed by atoms with E-state index in [1.54, 1.807) is 0 Å². The summed E-state index contributed by atoms with van der Waals surface area (Å²) in [5.41, 5.74) is 1.06. The van der Waals surface area contributed by atoms with Crippen LogP contribution in [0, 0.1) is 5.92 Å². The molecule has 1 unspecified atom stereocenters. The highest BCUT2D eigenvalue weighted by Crippen LogP contribution is 2.36. The predicted octanol–water partition coefficient (Wildman–Crippen LogP) is 2.18. The van der Waals surface area contributed by atoms with Gasteiger partial charge in [-0.25, -0.2) is 0 Å². The number of ether oxygens (including phenoxy) is 2. The molecule has 1 heterocycles. The molecular weight excluding hydrogens is 192 g/mol. The fourth-order valence-electron chi connectivity index (χ4n) is 1.72. The van der Waals surface area contributed by atoms with Crippen LogP contribution in [0.25, 0.3) is 0 Å². The molecule has 1 aliphatic rings. The Morgan fingerprint density at radius 3 is 3.07 bits per heavy atom. The van der Waals surface area contributed by atoms with Gasteiger partial charge in [0.1, 0.15) is 6.29 Å². The lowest BCUT2D eigenvalue weighted by Gasteiger charge is -2.09. The molecule has 0 aromatic heterocycles. The van der Waals surface area contributed by atoms with E-state index in [0.29, 0.717) is 0 Å². The van der Waals surface area contributed by atoms with Gasteiger partial charge in [-0.3, -0.25) is 0 Å². The van der Waals surface area contributed by atoms with Gasteiger partial charge < -0.3 is 14.3 Å². The molecule has 1 aliphatic heterocycles. The summed E-state index contributed by atoms with van der Waals surface area (Å²) in [6.07, 6.45) is 2.59. The van der Waals surface area contributed by atoms with Gasteiger partial charge in [0.05, 0.1) is 0 Å². The van der Waals surface area contributed by atoms with Crippen molar-refractivity contribution in [2.75, 3.05) is 6.79 Å². The maximum Gasteiger partial charge on any atom is 0.231 e. The molecule has 0 radical (unpaired) electrons. The van der Waals surface area contributed by atoms with Crippen molar-refractivity contribution in [2.24, 2.45) is 5.92 Å². The Kier molecular flexibility index (Phi) is 2.90. The molecule has 0 aliphatic carbocycles. The highest BCUT2D eigenvalue weighted by atomic mass is 16.7. The summed E-state index contributed by atoms with van der Waals surface area (Å²) >= 11 is 0. The standard InChI is InChI=1S/C12H14O3/c1-2-9(7-13)6-10-4-3-5-11-12(10)15-8-14-11/h3-5,7,9H,2,6,8H2,1H3. The van der Waals surface area contributed by atoms with Gasteiger partial charge in [-0.05, 0) is 24.5 Å². The first-order chi connectivity index (χ1) is 7.35. The van der Waals surface area contributed by atoms with Crippen LogP contribution in [0.2, 0.25) is 0 Å². The van der Waals surface area contributed by atoms with Gasteiger partial charge in [-0.15, -0.1) is 0 Å². The van der Waals surface area contributed by atoms with E-state index in [9.17, 15) is 4.79 Å². The van der Waals surface area contributed by atoms with Crippen molar-refractivity contribution in [2.45, 2.75) is 19.8 Å². The molecule has 1 atom stereocenters. The molecule has 0 fully saturated rings. The van der Waals surface area contributed by atoms with E-state index in [1.807, 2.05) is 25.1 Å². The molecular formula is C12H14O3. The van der Waals surface area contributed by atoms with E-state index in [2.05, 4.69) is 0 Å². The molecule has 3 heteroatoms. The Hall–Kier alpha value is -1.51. The van der Waals surface area contributed by atoms with Gasteiger partial charge in [-0.1, -0.05) is 19.1 Å². The Morgan fingerprint density at radius 2 is 2.33 bits per heavy atom. The number of para-hydroxylation sites is 1. The first kappa shape index (κ1) is 10.0. The summed E-state index contributed by atoms with van der Waals surface area (Å²) < 4.78 is 10.7. The van der Waals surface area contributed by atoms with Crippen LogP contribution in [-0.4, -0.2) is 13.1 Å². The van der Waals surface area contributed by atoms with E-state index < -0.39 is 0 Å². The lowest BCUT2D eigenvalue weighted by molar-refractivity contribution is -0.111. The van der Waals surface area contributed by atoms with Crippen molar-refractivity contribution >= 4 is 6.29 Å². The number of benzene rings is 1. The fourth-order valence-corrected chi connectivity index (χ4v) is 1.72. The van der Waals surface area contributed by atoms with Crippen molar-refractivity contribution in [1.82, 2.24) is 0 Å². The molecule has 15 heavy (non-hydrogen) atoms. The van der Waals surface area contributed by atoms with Crippen molar-refractivity contribution in [3.63, 3.8) is 0 Å². The summed E-state index contributed by atoms with van der Waals surface area (Å²) in [5.74, 6) is 1.66. The first-order valence-corrected chi connectivity index (χ1v) is 5.18. The zero-order valence-corrected chi connectivity index (χ0v) is 8.73. The van der Waals surface area contributed by atoms with Crippen LogP contribution in [0.5, 0.6) is 11.5 Å². The molecule has 1 aromatic rings. The van der Waals surface area contributed by atoms with E-state index in [1.165, 1.54) is 0 Å². The number of aldehydes is 1.